The number of benzene rings is 3. The van der Waals surface area contributed by atoms with Gasteiger partial charge in [-0.15, -0.1) is 0 Å². The molecule has 3 rings (SSSR count). The van der Waals surface area contributed by atoms with Gasteiger partial charge >= 0.3 is 0 Å². The molecule has 0 aliphatic carbocycles. The van der Waals surface area contributed by atoms with Crippen molar-refractivity contribution in [1.29, 1.82) is 0 Å². The van der Waals surface area contributed by atoms with E-state index in [0.717, 1.165) is 11.1 Å². The summed E-state index contributed by atoms with van der Waals surface area (Å²) in [7, 11) is 0. The molecule has 0 saturated heterocycles. The molecule has 0 aromatic heterocycles. The van der Waals surface area contributed by atoms with Crippen LogP contribution in [0.15, 0.2) is 72.8 Å². The van der Waals surface area contributed by atoms with Crippen LogP contribution in [0.1, 0.15) is 28.3 Å². The molecule has 0 aliphatic heterocycles. The number of amides is 2. The van der Waals surface area contributed by atoms with Gasteiger partial charge in [0.05, 0.1) is 6.42 Å². The Kier molecular flexibility index (Phi) is 6.80. The Labute approximate surface area is 175 Å². The van der Waals surface area contributed by atoms with Gasteiger partial charge in [-0.05, 0) is 47.4 Å². The first-order valence-electron chi connectivity index (χ1n) is 9.64. The fourth-order valence-corrected chi connectivity index (χ4v) is 3.13. The molecule has 3 aromatic rings. The van der Waals surface area contributed by atoms with Crippen molar-refractivity contribution in [2.45, 2.75) is 25.9 Å². The van der Waals surface area contributed by atoms with Crippen molar-refractivity contribution in [2.75, 3.05) is 5.73 Å². The topological polar surface area (TPSA) is 84.2 Å². The third-order valence-corrected chi connectivity index (χ3v) is 4.76. The Morgan fingerprint density at radius 2 is 1.73 bits per heavy atom. The fourth-order valence-electron chi connectivity index (χ4n) is 3.13. The van der Waals surface area contributed by atoms with Crippen LogP contribution in [-0.4, -0.2) is 11.8 Å². The molecule has 0 radical (unpaired) electrons. The Balaban J connectivity index is 1.71. The van der Waals surface area contributed by atoms with Crippen LogP contribution in [0, 0.1) is 12.7 Å². The molecule has 30 heavy (non-hydrogen) atoms. The SMILES string of the molecule is Cc1cc(CNC(=O)C(NC(=O)Cc2cccc(F)c2)c2ccccc2)ccc1N. The molecule has 1 atom stereocenters. The van der Waals surface area contributed by atoms with Crippen molar-refractivity contribution in [3.05, 3.63) is 101 Å². The average molecular weight is 405 g/mol. The predicted octanol–water partition coefficient (Wildman–Crippen LogP) is 3.43. The van der Waals surface area contributed by atoms with E-state index >= 15 is 0 Å². The Morgan fingerprint density at radius 3 is 2.43 bits per heavy atom. The molecule has 5 nitrogen and oxygen atoms in total. The van der Waals surface area contributed by atoms with Crippen LogP contribution in [0.4, 0.5) is 10.1 Å². The minimum absolute atomic E-state index is 0.0223. The molecule has 6 heteroatoms. The Hall–Kier alpha value is -3.67. The summed E-state index contributed by atoms with van der Waals surface area (Å²) in [5.41, 5.74) is 9.58. The zero-order chi connectivity index (χ0) is 21.5. The van der Waals surface area contributed by atoms with Crippen LogP contribution in [0.5, 0.6) is 0 Å². The lowest BCUT2D eigenvalue weighted by atomic mass is 10.0. The van der Waals surface area contributed by atoms with Crippen LogP contribution in [0.3, 0.4) is 0 Å². The smallest absolute Gasteiger partial charge is 0.247 e. The normalized spacial score (nSPS) is 11.5. The predicted molar refractivity (Wildman–Crippen MR) is 115 cm³/mol. The van der Waals surface area contributed by atoms with Gasteiger partial charge in [-0.25, -0.2) is 4.39 Å². The molecule has 1 unspecified atom stereocenters. The van der Waals surface area contributed by atoms with Crippen LogP contribution < -0.4 is 16.4 Å². The largest absolute Gasteiger partial charge is 0.399 e. The third kappa shape index (κ3) is 5.67. The molecule has 4 N–H and O–H groups in total. The summed E-state index contributed by atoms with van der Waals surface area (Å²) in [5, 5.41) is 5.63. The van der Waals surface area contributed by atoms with E-state index in [0.29, 0.717) is 23.4 Å². The number of hydrogen-bond acceptors (Lipinski definition) is 3. The second-order valence-corrected chi connectivity index (χ2v) is 7.13. The highest BCUT2D eigenvalue weighted by Crippen LogP contribution is 2.16. The molecule has 3 aromatic carbocycles. The highest BCUT2D eigenvalue weighted by atomic mass is 19.1. The van der Waals surface area contributed by atoms with Crippen molar-refractivity contribution < 1.29 is 14.0 Å². The number of aryl methyl sites for hydroxylation is 1. The van der Waals surface area contributed by atoms with E-state index in [1.54, 1.807) is 42.5 Å². The summed E-state index contributed by atoms with van der Waals surface area (Å²) < 4.78 is 13.4. The maximum atomic E-state index is 13.4. The second kappa shape index (κ2) is 9.69. The van der Waals surface area contributed by atoms with E-state index in [1.807, 2.05) is 25.1 Å². The van der Waals surface area contributed by atoms with Gasteiger partial charge in [-0.2, -0.15) is 0 Å². The van der Waals surface area contributed by atoms with E-state index in [2.05, 4.69) is 10.6 Å². The Bertz CT molecular complexity index is 1040. The molecule has 0 bridgehead atoms. The highest BCUT2D eigenvalue weighted by Gasteiger charge is 2.22. The van der Waals surface area contributed by atoms with Crippen LogP contribution in [-0.2, 0) is 22.6 Å². The summed E-state index contributed by atoms with van der Waals surface area (Å²) in [5.74, 6) is -1.10. The fraction of sp³-hybridized carbons (Fsp3) is 0.167. The van der Waals surface area contributed by atoms with Crippen molar-refractivity contribution in [3.63, 3.8) is 0 Å². The quantitative estimate of drug-likeness (QED) is 0.527. The maximum absolute atomic E-state index is 13.4. The monoisotopic (exact) mass is 405 g/mol. The summed E-state index contributed by atoms with van der Waals surface area (Å²) in [4.78, 5) is 25.4. The minimum Gasteiger partial charge on any atom is -0.399 e. The van der Waals surface area contributed by atoms with Gasteiger partial charge in [0.1, 0.15) is 11.9 Å². The van der Waals surface area contributed by atoms with Crippen LogP contribution >= 0.6 is 0 Å². The molecule has 0 spiro atoms. The zero-order valence-electron chi connectivity index (χ0n) is 16.7. The molecule has 0 fully saturated rings. The summed E-state index contributed by atoms with van der Waals surface area (Å²) >= 11 is 0. The van der Waals surface area contributed by atoms with E-state index < -0.39 is 11.9 Å². The molecule has 2 amide bonds. The lowest BCUT2D eigenvalue weighted by Crippen LogP contribution is -2.40. The van der Waals surface area contributed by atoms with E-state index in [1.165, 1.54) is 12.1 Å². The van der Waals surface area contributed by atoms with Crippen molar-refractivity contribution in [1.82, 2.24) is 10.6 Å². The molecular weight excluding hydrogens is 381 g/mol. The Morgan fingerprint density at radius 1 is 0.967 bits per heavy atom. The number of nitrogens with one attached hydrogen (secondary N) is 2. The first-order chi connectivity index (χ1) is 14.4. The lowest BCUT2D eigenvalue weighted by molar-refractivity contribution is -0.129. The molecule has 154 valence electrons. The van der Waals surface area contributed by atoms with Crippen LogP contribution in [0.25, 0.3) is 0 Å². The first kappa shape index (κ1) is 21.0. The van der Waals surface area contributed by atoms with E-state index in [9.17, 15) is 14.0 Å². The lowest BCUT2D eigenvalue weighted by Gasteiger charge is -2.19. The van der Waals surface area contributed by atoms with Gasteiger partial charge in [-0.3, -0.25) is 9.59 Å². The molecule has 0 heterocycles. The minimum atomic E-state index is -0.859. The summed E-state index contributed by atoms with van der Waals surface area (Å²) in [6.45, 7) is 2.21. The van der Waals surface area contributed by atoms with Gasteiger partial charge in [0.2, 0.25) is 11.8 Å². The maximum Gasteiger partial charge on any atom is 0.247 e. The van der Waals surface area contributed by atoms with E-state index in [-0.39, 0.29) is 18.2 Å². The number of anilines is 1. The van der Waals surface area contributed by atoms with Gasteiger partial charge < -0.3 is 16.4 Å². The van der Waals surface area contributed by atoms with Crippen LogP contribution in [0.2, 0.25) is 0 Å². The second-order valence-electron chi connectivity index (χ2n) is 7.13. The molecule has 0 saturated carbocycles. The number of carbonyl (C=O) groups is 2. The zero-order valence-corrected chi connectivity index (χ0v) is 16.7. The number of carbonyl (C=O) groups excluding carboxylic acids is 2. The highest BCUT2D eigenvalue weighted by molar-refractivity contribution is 5.89. The third-order valence-electron chi connectivity index (χ3n) is 4.76. The van der Waals surface area contributed by atoms with Gasteiger partial charge in [0.15, 0.2) is 0 Å². The number of nitrogen functional groups attached to an aromatic ring is 1. The summed E-state index contributed by atoms with van der Waals surface area (Å²) in [6, 6.07) is 19.5. The van der Waals surface area contributed by atoms with Gasteiger partial charge in [0, 0.05) is 12.2 Å². The molecular formula is C24H24FN3O2. The first-order valence-corrected chi connectivity index (χ1v) is 9.64. The van der Waals surface area contributed by atoms with E-state index in [4.69, 9.17) is 5.73 Å². The number of hydrogen-bond donors (Lipinski definition) is 3. The number of rotatable bonds is 7. The standard InChI is InChI=1S/C24H24FN3O2/c1-16-12-18(10-11-21(16)26)15-27-24(30)23(19-7-3-2-4-8-19)28-22(29)14-17-6-5-9-20(25)13-17/h2-13,23H,14-15,26H2,1H3,(H,27,30)(H,28,29). The van der Waals surface area contributed by atoms with Gasteiger partial charge in [-0.1, -0.05) is 54.6 Å². The van der Waals surface area contributed by atoms with Gasteiger partial charge in [0.25, 0.3) is 0 Å². The van der Waals surface area contributed by atoms with Crippen molar-refractivity contribution in [3.8, 4) is 0 Å². The summed E-state index contributed by atoms with van der Waals surface area (Å²) in [6.07, 6.45) is -0.0223. The molecule has 0 aliphatic rings. The van der Waals surface area contributed by atoms with Crippen molar-refractivity contribution >= 4 is 17.5 Å². The number of nitrogens with two attached hydrogens (primary N) is 1. The number of halogens is 1. The average Bonchev–Trinajstić information content (AvgIpc) is 2.73. The van der Waals surface area contributed by atoms with Crippen molar-refractivity contribution in [2.24, 2.45) is 0 Å².